The molecule has 56 heavy (non-hydrogen) atoms. The topological polar surface area (TPSA) is 59.0 Å². The molecule has 8 bridgehead atoms. The average Bonchev–Trinajstić information content (AvgIpc) is 4.01. The lowest BCUT2D eigenvalue weighted by atomic mass is 9.87. The third kappa shape index (κ3) is 6.25. The second kappa shape index (κ2) is 14.7. The Hall–Kier alpha value is -6.40. The molecule has 0 atom stereocenters. The summed E-state index contributed by atoms with van der Waals surface area (Å²) in [5, 5.41) is 3.11. The zero-order valence-electron chi connectivity index (χ0n) is 30.9. The molecule has 0 spiro atoms. The van der Waals surface area contributed by atoms with Crippen LogP contribution in [0.5, 0.6) is 11.5 Å². The number of aromatic amines is 1. The van der Waals surface area contributed by atoms with E-state index in [0.717, 1.165) is 94.8 Å². The Morgan fingerprint density at radius 2 is 0.857 bits per heavy atom. The van der Waals surface area contributed by atoms with Gasteiger partial charge in [-0.1, -0.05) is 108 Å². The minimum absolute atomic E-state index is 0.659. The van der Waals surface area contributed by atoms with Crippen molar-refractivity contribution in [3.63, 3.8) is 0 Å². The van der Waals surface area contributed by atoms with Crippen LogP contribution in [0, 0.1) is 6.92 Å². The van der Waals surface area contributed by atoms with Crippen LogP contribution < -0.4 is 20.2 Å². The number of hydrogen-bond donors (Lipinski definition) is 1. The molecule has 7 heteroatoms. The molecular weight excluding hydrogens is 733 g/mol. The third-order valence-electron chi connectivity index (χ3n) is 10.3. The van der Waals surface area contributed by atoms with Crippen molar-refractivity contribution in [3.05, 3.63) is 223 Å². The Labute approximate surface area is 335 Å². The summed E-state index contributed by atoms with van der Waals surface area (Å²) in [4.78, 5) is 14.6. The minimum Gasteiger partial charge on any atom is -0.496 e. The van der Waals surface area contributed by atoms with Crippen molar-refractivity contribution in [3.8, 4) is 11.5 Å². The molecule has 3 aliphatic heterocycles. The summed E-state index contributed by atoms with van der Waals surface area (Å²) in [6, 6.07) is 42.8. The van der Waals surface area contributed by atoms with E-state index < -0.39 is 0 Å². The molecule has 0 saturated carbocycles. The maximum atomic E-state index is 6.42. The Balaban J connectivity index is 1.49. The number of hydrogen-bond acceptors (Lipinski definition) is 4. The molecule has 1 N–H and O–H groups in total. The molecule has 5 aromatic carbocycles. The molecule has 272 valence electrons. The molecule has 3 aliphatic rings. The fourth-order valence-corrected chi connectivity index (χ4v) is 8.11. The Morgan fingerprint density at radius 3 is 1.25 bits per heavy atom. The van der Waals surface area contributed by atoms with Crippen molar-refractivity contribution in [2.75, 3.05) is 14.2 Å². The normalized spacial score (nSPS) is 14.7. The van der Waals surface area contributed by atoms with Crippen LogP contribution >= 0.6 is 23.2 Å². The first-order valence-corrected chi connectivity index (χ1v) is 19.0. The predicted molar refractivity (Wildman–Crippen MR) is 230 cm³/mol. The van der Waals surface area contributed by atoms with Gasteiger partial charge in [0.1, 0.15) is 11.5 Å². The number of nitrogens with one attached hydrogen (secondary N) is 1. The van der Waals surface area contributed by atoms with Crippen LogP contribution in [-0.4, -0.2) is 30.6 Å². The number of benzene rings is 5. The van der Waals surface area contributed by atoms with Gasteiger partial charge in [-0.15, -0.1) is 0 Å². The van der Waals surface area contributed by atoms with Gasteiger partial charge in [0.15, 0.2) is 0 Å². The van der Waals surface area contributed by atoms with Crippen LogP contribution in [0.2, 0.25) is 10.0 Å². The van der Waals surface area contributed by atoms with Gasteiger partial charge in [-0.05, 0) is 95.9 Å². The SMILES string of the molecule is COc1c2cc(c(OC)c1C)C(c1ccccc1)=C1C=CC(=N1)C(c1ccc(Cl)cc1)=c1ccc([nH]1)=C(c1ccc(Cl)cc1)C1=NC(=C2c2ccccc2)C=C1. The summed E-state index contributed by atoms with van der Waals surface area (Å²) in [5.74, 6) is 1.40. The van der Waals surface area contributed by atoms with Gasteiger partial charge in [0.05, 0.1) is 37.0 Å². The van der Waals surface area contributed by atoms with E-state index >= 15 is 0 Å². The van der Waals surface area contributed by atoms with E-state index in [0.29, 0.717) is 21.5 Å². The number of ether oxygens (including phenoxy) is 2. The number of fused-ring (bicyclic) bond motifs is 6. The number of halogens is 2. The average molecular weight is 769 g/mol. The van der Waals surface area contributed by atoms with Crippen LogP contribution in [0.4, 0.5) is 0 Å². The molecule has 0 amide bonds. The smallest absolute Gasteiger partial charge is 0.133 e. The maximum Gasteiger partial charge on any atom is 0.133 e. The van der Waals surface area contributed by atoms with Crippen molar-refractivity contribution in [1.29, 1.82) is 0 Å². The standard InChI is InChI=1S/C49H35Cl2N3O2/c1-29-48(55-2)36-28-37(49(29)56-3)45(31-12-8-5-9-13-31)39-23-25-41(53-39)47(33-16-20-35(51)21-17-33)43-27-26-42(54-43)46(32-14-18-34(50)19-15-32)40-24-22-38(52-40)44(36)30-10-6-4-7-11-30/h4-28,54H,1-3H3. The van der Waals surface area contributed by atoms with E-state index in [1.807, 2.05) is 91.9 Å². The monoisotopic (exact) mass is 767 g/mol. The van der Waals surface area contributed by atoms with Gasteiger partial charge in [0.2, 0.25) is 0 Å². The van der Waals surface area contributed by atoms with Crippen LogP contribution in [-0.2, 0) is 0 Å². The molecule has 0 fully saturated rings. The molecule has 4 heterocycles. The zero-order valence-corrected chi connectivity index (χ0v) is 32.4. The number of rotatable bonds is 6. The maximum absolute atomic E-state index is 6.42. The number of aliphatic imine (C=N–C) groups is 2. The number of nitrogens with zero attached hydrogens (tertiary/aromatic N) is 2. The lowest BCUT2D eigenvalue weighted by Crippen LogP contribution is -2.21. The highest BCUT2D eigenvalue weighted by Gasteiger charge is 2.28. The van der Waals surface area contributed by atoms with Gasteiger partial charge in [0, 0.05) is 59.7 Å². The second-order valence-corrected chi connectivity index (χ2v) is 14.5. The van der Waals surface area contributed by atoms with Crippen LogP contribution in [0.1, 0.15) is 38.9 Å². The fourth-order valence-electron chi connectivity index (χ4n) is 7.86. The van der Waals surface area contributed by atoms with Gasteiger partial charge in [-0.25, -0.2) is 9.98 Å². The molecular formula is C49H35Cl2N3O2. The largest absolute Gasteiger partial charge is 0.496 e. The van der Waals surface area contributed by atoms with Crippen molar-refractivity contribution >= 4 is 56.9 Å². The van der Waals surface area contributed by atoms with Crippen molar-refractivity contribution in [2.24, 2.45) is 9.98 Å². The van der Waals surface area contributed by atoms with Gasteiger partial charge in [-0.3, -0.25) is 0 Å². The number of allylic oxidation sites excluding steroid dienone is 4. The molecule has 0 saturated heterocycles. The fraction of sp³-hybridized carbons (Fsp3) is 0.0612. The van der Waals surface area contributed by atoms with E-state index in [-0.39, 0.29) is 0 Å². The van der Waals surface area contributed by atoms with Gasteiger partial charge >= 0.3 is 0 Å². The van der Waals surface area contributed by atoms with Crippen LogP contribution in [0.15, 0.2) is 173 Å². The van der Waals surface area contributed by atoms with E-state index in [1.54, 1.807) is 14.2 Å². The molecule has 9 rings (SSSR count). The number of aromatic nitrogens is 1. The zero-order chi connectivity index (χ0) is 38.3. The van der Waals surface area contributed by atoms with E-state index in [4.69, 9.17) is 42.7 Å². The first kappa shape index (κ1) is 35.3. The van der Waals surface area contributed by atoms with Crippen molar-refractivity contribution < 1.29 is 9.47 Å². The molecule has 1 aromatic heterocycles. The highest BCUT2D eigenvalue weighted by atomic mass is 35.5. The highest BCUT2D eigenvalue weighted by molar-refractivity contribution is 6.33. The summed E-state index contributed by atoms with van der Waals surface area (Å²) >= 11 is 12.8. The molecule has 6 aromatic rings. The number of H-pyrrole nitrogens is 1. The van der Waals surface area contributed by atoms with Gasteiger partial charge in [0.25, 0.3) is 0 Å². The highest BCUT2D eigenvalue weighted by Crippen LogP contribution is 2.47. The summed E-state index contributed by atoms with van der Waals surface area (Å²) in [5.41, 5.74) is 13.5. The van der Waals surface area contributed by atoms with Gasteiger partial charge < -0.3 is 14.5 Å². The van der Waals surface area contributed by atoms with Crippen LogP contribution in [0.25, 0.3) is 22.3 Å². The molecule has 0 aliphatic carbocycles. The quantitative estimate of drug-likeness (QED) is 0.183. The van der Waals surface area contributed by atoms with Gasteiger partial charge in [-0.2, -0.15) is 0 Å². The molecule has 0 radical (unpaired) electrons. The minimum atomic E-state index is 0.659. The van der Waals surface area contributed by atoms with Crippen molar-refractivity contribution in [2.45, 2.75) is 6.92 Å². The van der Waals surface area contributed by atoms with E-state index in [9.17, 15) is 0 Å². The Kier molecular flexibility index (Phi) is 9.26. The Bertz CT molecular complexity index is 2670. The lowest BCUT2D eigenvalue weighted by molar-refractivity contribution is 0.387. The Morgan fingerprint density at radius 1 is 0.464 bits per heavy atom. The summed E-state index contributed by atoms with van der Waals surface area (Å²) in [6.07, 6.45) is 8.35. The third-order valence-corrected chi connectivity index (χ3v) is 10.8. The van der Waals surface area contributed by atoms with Crippen LogP contribution in [0.3, 0.4) is 0 Å². The summed E-state index contributed by atoms with van der Waals surface area (Å²) in [7, 11) is 3.42. The first-order valence-electron chi connectivity index (χ1n) is 18.3. The van der Waals surface area contributed by atoms with E-state index in [1.165, 1.54) is 0 Å². The lowest BCUT2D eigenvalue weighted by Gasteiger charge is -2.23. The second-order valence-electron chi connectivity index (χ2n) is 13.6. The summed E-state index contributed by atoms with van der Waals surface area (Å²) in [6.45, 7) is 2.04. The summed E-state index contributed by atoms with van der Waals surface area (Å²) < 4.78 is 12.6. The van der Waals surface area contributed by atoms with E-state index in [2.05, 4.69) is 71.8 Å². The van der Waals surface area contributed by atoms with Crippen molar-refractivity contribution in [1.82, 2.24) is 4.98 Å². The number of methoxy groups -OCH3 is 2. The molecule has 5 nitrogen and oxygen atoms in total. The predicted octanol–water partition coefficient (Wildman–Crippen LogP) is 10.3. The molecule has 0 unspecified atom stereocenters. The first-order chi connectivity index (χ1) is 27.4.